The molecule has 9 nitrogen and oxygen atoms in total. The maximum absolute atomic E-state index is 11.6. The average molecular weight is 568 g/mol. The molecular weight excluding hydrogens is 530 g/mol. The summed E-state index contributed by atoms with van der Waals surface area (Å²) in [6.45, 7) is 7.63. The van der Waals surface area contributed by atoms with E-state index < -0.39 is 11.4 Å². The van der Waals surface area contributed by atoms with Crippen molar-refractivity contribution in [1.82, 2.24) is 15.0 Å². The van der Waals surface area contributed by atoms with Crippen molar-refractivity contribution in [3.8, 4) is 22.8 Å². The molecule has 2 aromatic carbocycles. The highest BCUT2D eigenvalue weighted by Crippen LogP contribution is 2.30. The number of carboxylic acid groups (broad SMARTS) is 1. The molecule has 5 rings (SSSR count). The number of benzene rings is 2. The van der Waals surface area contributed by atoms with Crippen LogP contribution in [0.3, 0.4) is 0 Å². The predicted octanol–water partition coefficient (Wildman–Crippen LogP) is 6.38. The maximum Gasteiger partial charge on any atom is 0.309 e. The van der Waals surface area contributed by atoms with Gasteiger partial charge in [-0.3, -0.25) is 4.79 Å². The van der Waals surface area contributed by atoms with E-state index in [0.29, 0.717) is 24.8 Å². The zero-order chi connectivity index (χ0) is 29.5. The second-order valence-electron chi connectivity index (χ2n) is 11.0. The number of hydrogen-bond acceptors (Lipinski definition) is 8. The molecule has 1 fully saturated rings. The summed E-state index contributed by atoms with van der Waals surface area (Å²) in [6.07, 6.45) is 4.11. The van der Waals surface area contributed by atoms with Gasteiger partial charge in [-0.25, -0.2) is 15.0 Å². The first-order valence-corrected chi connectivity index (χ1v) is 14.3. The summed E-state index contributed by atoms with van der Waals surface area (Å²) in [5.41, 5.74) is 1.71. The van der Waals surface area contributed by atoms with Crippen LogP contribution in [0.2, 0.25) is 0 Å². The topological polar surface area (TPSA) is 110 Å². The molecule has 0 unspecified atom stereocenters. The molecule has 0 amide bonds. The molecule has 218 valence electrons. The Bertz CT molecular complexity index is 1530. The predicted molar refractivity (Wildman–Crippen MR) is 164 cm³/mol. The average Bonchev–Trinajstić information content (AvgIpc) is 2.99. The lowest BCUT2D eigenvalue weighted by atomic mass is 9.85. The molecule has 42 heavy (non-hydrogen) atoms. The molecule has 1 atom stereocenters. The molecule has 0 radical (unpaired) electrons. The van der Waals surface area contributed by atoms with E-state index in [1.54, 1.807) is 20.0 Å². The van der Waals surface area contributed by atoms with Crippen LogP contribution in [0.25, 0.3) is 11.3 Å². The van der Waals surface area contributed by atoms with Gasteiger partial charge in [0.15, 0.2) is 11.5 Å². The first-order chi connectivity index (χ1) is 20.3. The van der Waals surface area contributed by atoms with Gasteiger partial charge in [-0.05, 0) is 82.0 Å². The quantitative estimate of drug-likeness (QED) is 0.213. The van der Waals surface area contributed by atoms with Crippen LogP contribution in [0.4, 0.5) is 17.6 Å². The second-order valence-corrected chi connectivity index (χ2v) is 11.0. The SMILES string of the molecule is CCOc1ccccc1O[C@@H]1CCCN(c2cccc(Nc3nccc(-c4cccc(CC(C)(C)C(=O)O)c4)n3)n2)C1. The Labute approximate surface area is 246 Å². The number of aliphatic carboxylic acids is 1. The molecule has 1 aliphatic rings. The van der Waals surface area contributed by atoms with Gasteiger partial charge in [0, 0.05) is 18.3 Å². The van der Waals surface area contributed by atoms with E-state index in [1.807, 2.05) is 79.7 Å². The molecule has 1 aliphatic heterocycles. The van der Waals surface area contributed by atoms with E-state index in [9.17, 15) is 9.90 Å². The molecule has 2 N–H and O–H groups in total. The highest BCUT2D eigenvalue weighted by molar-refractivity contribution is 5.74. The van der Waals surface area contributed by atoms with Crippen molar-refractivity contribution in [3.63, 3.8) is 0 Å². The largest absolute Gasteiger partial charge is 0.490 e. The van der Waals surface area contributed by atoms with Gasteiger partial charge >= 0.3 is 5.97 Å². The molecule has 3 heterocycles. The third-order valence-electron chi connectivity index (χ3n) is 7.22. The minimum absolute atomic E-state index is 0.0237. The Morgan fingerprint density at radius 1 is 1.05 bits per heavy atom. The number of para-hydroxylation sites is 2. The van der Waals surface area contributed by atoms with Crippen molar-refractivity contribution in [1.29, 1.82) is 0 Å². The van der Waals surface area contributed by atoms with Crippen molar-refractivity contribution in [2.45, 2.75) is 46.1 Å². The lowest BCUT2D eigenvalue weighted by Gasteiger charge is -2.34. The van der Waals surface area contributed by atoms with Crippen molar-refractivity contribution >= 4 is 23.6 Å². The van der Waals surface area contributed by atoms with Gasteiger partial charge < -0.3 is 24.8 Å². The van der Waals surface area contributed by atoms with Gasteiger partial charge in [0.2, 0.25) is 5.95 Å². The van der Waals surface area contributed by atoms with E-state index in [0.717, 1.165) is 60.1 Å². The second kappa shape index (κ2) is 12.9. The summed E-state index contributed by atoms with van der Waals surface area (Å²) in [5.74, 6) is 2.64. The summed E-state index contributed by atoms with van der Waals surface area (Å²) in [6, 6.07) is 23.3. The highest BCUT2D eigenvalue weighted by atomic mass is 16.5. The number of carbonyl (C=O) groups is 1. The summed E-state index contributed by atoms with van der Waals surface area (Å²) in [5, 5.41) is 12.8. The Morgan fingerprint density at radius 2 is 1.86 bits per heavy atom. The van der Waals surface area contributed by atoms with Crippen LogP contribution >= 0.6 is 0 Å². The number of nitrogens with zero attached hydrogens (tertiary/aromatic N) is 4. The monoisotopic (exact) mass is 567 g/mol. The molecule has 0 aliphatic carbocycles. The van der Waals surface area contributed by atoms with Crippen LogP contribution in [0.1, 0.15) is 39.2 Å². The lowest BCUT2D eigenvalue weighted by molar-refractivity contribution is -0.146. The van der Waals surface area contributed by atoms with E-state index in [-0.39, 0.29) is 6.10 Å². The van der Waals surface area contributed by atoms with Crippen LogP contribution in [0.15, 0.2) is 79.0 Å². The fourth-order valence-corrected chi connectivity index (χ4v) is 5.03. The van der Waals surface area contributed by atoms with Gasteiger partial charge in [0.25, 0.3) is 0 Å². The third kappa shape index (κ3) is 7.15. The number of anilines is 3. The van der Waals surface area contributed by atoms with Crippen LogP contribution in [0, 0.1) is 5.41 Å². The first kappa shape index (κ1) is 28.9. The highest BCUT2D eigenvalue weighted by Gasteiger charge is 2.27. The number of hydrogen-bond donors (Lipinski definition) is 2. The van der Waals surface area contributed by atoms with E-state index >= 15 is 0 Å². The van der Waals surface area contributed by atoms with Gasteiger partial charge in [-0.2, -0.15) is 0 Å². The third-order valence-corrected chi connectivity index (χ3v) is 7.22. The van der Waals surface area contributed by atoms with Crippen LogP contribution in [-0.2, 0) is 11.2 Å². The van der Waals surface area contributed by atoms with Gasteiger partial charge in [0.05, 0.1) is 24.3 Å². The summed E-state index contributed by atoms with van der Waals surface area (Å²) in [4.78, 5) is 27.8. The Kier molecular flexibility index (Phi) is 8.85. The Morgan fingerprint density at radius 3 is 2.67 bits per heavy atom. The van der Waals surface area contributed by atoms with Crippen molar-refractivity contribution in [3.05, 3.63) is 84.6 Å². The number of pyridine rings is 1. The van der Waals surface area contributed by atoms with Crippen LogP contribution < -0.4 is 19.7 Å². The number of aromatic nitrogens is 3. The van der Waals surface area contributed by atoms with Crippen molar-refractivity contribution < 1.29 is 19.4 Å². The Balaban J connectivity index is 1.27. The number of rotatable bonds is 11. The minimum atomic E-state index is -0.859. The minimum Gasteiger partial charge on any atom is -0.490 e. The fourth-order valence-electron chi connectivity index (χ4n) is 5.03. The van der Waals surface area contributed by atoms with E-state index in [1.165, 1.54) is 0 Å². The lowest BCUT2D eigenvalue weighted by Crippen LogP contribution is -2.41. The van der Waals surface area contributed by atoms with Crippen LogP contribution in [-0.4, -0.2) is 51.8 Å². The van der Waals surface area contributed by atoms with Gasteiger partial charge in [-0.1, -0.05) is 36.4 Å². The number of carboxylic acids is 1. The van der Waals surface area contributed by atoms with E-state index in [2.05, 4.69) is 15.2 Å². The number of ether oxygens (including phenoxy) is 2. The number of nitrogens with one attached hydrogen (secondary N) is 1. The zero-order valence-electron chi connectivity index (χ0n) is 24.3. The Hall–Kier alpha value is -4.66. The van der Waals surface area contributed by atoms with Gasteiger partial charge in [0.1, 0.15) is 17.7 Å². The van der Waals surface area contributed by atoms with Crippen molar-refractivity contribution in [2.24, 2.45) is 5.41 Å². The maximum atomic E-state index is 11.6. The van der Waals surface area contributed by atoms with Crippen LogP contribution in [0.5, 0.6) is 11.5 Å². The molecular formula is C33H37N5O4. The smallest absolute Gasteiger partial charge is 0.309 e. The standard InChI is InChI=1S/C33H37N5O4/c1-4-41-27-13-5-6-14-28(27)42-25-12-9-19-38(22-25)30-16-8-15-29(36-30)37-32-34-18-17-26(35-32)24-11-7-10-23(20-24)21-33(2,3)31(39)40/h5-8,10-11,13-18,20,25H,4,9,12,19,21-22H2,1-3H3,(H,39,40)(H,34,35,36,37)/t25-/m1/s1. The molecule has 0 saturated carbocycles. The molecule has 0 spiro atoms. The molecule has 2 aromatic heterocycles. The van der Waals surface area contributed by atoms with Crippen molar-refractivity contribution in [2.75, 3.05) is 29.9 Å². The fraction of sp³-hybridized carbons (Fsp3) is 0.333. The van der Waals surface area contributed by atoms with Gasteiger partial charge in [-0.15, -0.1) is 0 Å². The molecule has 1 saturated heterocycles. The number of piperidine rings is 1. The normalized spacial score (nSPS) is 15.2. The zero-order valence-corrected chi connectivity index (χ0v) is 24.3. The summed E-state index contributed by atoms with van der Waals surface area (Å²) < 4.78 is 12.1. The first-order valence-electron chi connectivity index (χ1n) is 14.3. The molecule has 9 heteroatoms. The summed E-state index contributed by atoms with van der Waals surface area (Å²) in [7, 11) is 0. The molecule has 4 aromatic rings. The van der Waals surface area contributed by atoms with E-state index in [4.69, 9.17) is 19.4 Å². The molecule has 0 bridgehead atoms. The summed E-state index contributed by atoms with van der Waals surface area (Å²) >= 11 is 0.